The molecule has 6 nitrogen and oxygen atoms in total. The minimum Gasteiger partial charge on any atom is -0.338 e. The van der Waals surface area contributed by atoms with E-state index < -0.39 is 0 Å². The number of halogens is 1. The Balaban J connectivity index is 0.976. The van der Waals surface area contributed by atoms with Gasteiger partial charge in [0.05, 0.1) is 16.4 Å². The van der Waals surface area contributed by atoms with Gasteiger partial charge in [-0.15, -0.1) is 0 Å². The number of hydrogen-bond donors (Lipinski definition) is 3. The van der Waals surface area contributed by atoms with Crippen LogP contribution in [-0.4, -0.2) is 21.8 Å². The van der Waals surface area contributed by atoms with Gasteiger partial charge in [-0.05, 0) is 128 Å². The number of fused-ring (bicyclic) bond motifs is 3. The Morgan fingerprint density at radius 1 is 0.872 bits per heavy atom. The molecule has 1 spiro atoms. The standard InChI is InChI=1S/C32H29FN4O2/c33-23-4-8-24(9-5-23)34-29(38)20-3-10-26-27(12-20)37-28(36-26)19-1-6-25(7-2-19)35-30(39)31-14-18-11-21-13-22(16-31)32(21,15-18)17-31/h1-10,12,18,21-22H,11,13-17H2,(H,34,38)(H,35,39)(H,36,37)/t18-,21-,22+,31?,32?/m1/s1. The van der Waals surface area contributed by atoms with Crippen molar-refractivity contribution in [2.24, 2.45) is 28.6 Å². The van der Waals surface area contributed by atoms with Gasteiger partial charge in [-0.3, -0.25) is 9.59 Å². The molecule has 4 aromatic rings. The lowest BCUT2D eigenvalue weighted by atomic mass is 9.55. The summed E-state index contributed by atoms with van der Waals surface area (Å²) < 4.78 is 13.1. The minimum atomic E-state index is -0.353. The van der Waals surface area contributed by atoms with Gasteiger partial charge in [-0.2, -0.15) is 0 Å². The number of carbonyl (C=O) groups excluding carboxylic acids is 2. The maximum Gasteiger partial charge on any atom is 0.255 e. The molecule has 4 saturated carbocycles. The minimum absolute atomic E-state index is 0.170. The molecule has 2 unspecified atom stereocenters. The van der Waals surface area contributed by atoms with E-state index in [4.69, 9.17) is 4.98 Å². The van der Waals surface area contributed by atoms with Crippen molar-refractivity contribution in [3.05, 3.63) is 78.1 Å². The fraction of sp³-hybridized carbons (Fsp3) is 0.344. The van der Waals surface area contributed by atoms with E-state index in [0.717, 1.165) is 59.3 Å². The zero-order chi connectivity index (χ0) is 26.4. The van der Waals surface area contributed by atoms with Crippen molar-refractivity contribution in [2.45, 2.75) is 38.5 Å². The summed E-state index contributed by atoms with van der Waals surface area (Å²) in [5.74, 6) is 2.67. The van der Waals surface area contributed by atoms with Crippen LogP contribution >= 0.6 is 0 Å². The molecule has 4 aliphatic rings. The zero-order valence-corrected chi connectivity index (χ0v) is 21.5. The molecule has 0 saturated heterocycles. The average Bonchev–Trinajstić information content (AvgIpc) is 3.51. The van der Waals surface area contributed by atoms with E-state index in [-0.39, 0.29) is 23.0 Å². The van der Waals surface area contributed by atoms with Crippen LogP contribution < -0.4 is 10.6 Å². The summed E-state index contributed by atoms with van der Waals surface area (Å²) in [7, 11) is 0. The normalized spacial score (nSPS) is 29.7. The van der Waals surface area contributed by atoms with Crippen molar-refractivity contribution in [1.29, 1.82) is 0 Å². The van der Waals surface area contributed by atoms with Crippen LogP contribution in [0.15, 0.2) is 66.7 Å². The molecular weight excluding hydrogens is 491 g/mol. The van der Waals surface area contributed by atoms with Crippen molar-refractivity contribution < 1.29 is 14.0 Å². The van der Waals surface area contributed by atoms with Crippen LogP contribution in [-0.2, 0) is 4.79 Å². The largest absolute Gasteiger partial charge is 0.338 e. The smallest absolute Gasteiger partial charge is 0.255 e. The molecule has 196 valence electrons. The number of rotatable bonds is 5. The quantitative estimate of drug-likeness (QED) is 0.271. The van der Waals surface area contributed by atoms with Gasteiger partial charge in [0.25, 0.3) is 5.91 Å². The Bertz CT molecular complexity index is 1640. The first-order valence-electron chi connectivity index (χ1n) is 13.9. The second-order valence-corrected chi connectivity index (χ2v) is 12.3. The van der Waals surface area contributed by atoms with E-state index in [1.54, 1.807) is 18.2 Å². The summed E-state index contributed by atoms with van der Waals surface area (Å²) in [6.07, 6.45) is 7.29. The Kier molecular flexibility index (Phi) is 4.71. The highest BCUT2D eigenvalue weighted by atomic mass is 19.1. The molecule has 8 rings (SSSR count). The lowest BCUT2D eigenvalue weighted by Crippen LogP contribution is -2.42. The predicted molar refractivity (Wildman–Crippen MR) is 148 cm³/mol. The molecule has 39 heavy (non-hydrogen) atoms. The number of nitrogens with zero attached hydrogens (tertiary/aromatic N) is 1. The molecule has 0 radical (unpaired) electrons. The monoisotopic (exact) mass is 520 g/mol. The second kappa shape index (κ2) is 8.01. The number of nitrogens with one attached hydrogen (secondary N) is 3. The van der Waals surface area contributed by atoms with Gasteiger partial charge in [0.15, 0.2) is 0 Å². The average molecular weight is 521 g/mol. The predicted octanol–water partition coefficient (Wildman–Crippen LogP) is 6.78. The molecular formula is C32H29FN4O2. The molecule has 5 atom stereocenters. The highest BCUT2D eigenvalue weighted by molar-refractivity contribution is 6.06. The summed E-state index contributed by atoms with van der Waals surface area (Å²) in [6, 6.07) is 18.8. The molecule has 2 amide bonds. The molecule has 3 N–H and O–H groups in total. The molecule has 0 aliphatic heterocycles. The van der Waals surface area contributed by atoms with Gasteiger partial charge in [0, 0.05) is 22.5 Å². The highest BCUT2D eigenvalue weighted by Gasteiger charge is 2.72. The molecule has 4 aliphatic carbocycles. The molecule has 4 fully saturated rings. The number of H-pyrrole nitrogens is 1. The maximum atomic E-state index is 13.5. The van der Waals surface area contributed by atoms with Crippen molar-refractivity contribution in [1.82, 2.24) is 9.97 Å². The lowest BCUT2D eigenvalue weighted by Gasteiger charge is -2.49. The van der Waals surface area contributed by atoms with Crippen LogP contribution in [0.3, 0.4) is 0 Å². The molecule has 1 aromatic heterocycles. The molecule has 7 heteroatoms. The SMILES string of the molecule is O=C(Nc1ccc(F)cc1)c1ccc2nc(-c3ccc(NC(=O)C45C[C@H]6C[C@@H]7C[C@@H](C4)C7(C6)C5)cc3)[nH]c2c1. The number of benzene rings is 3. The summed E-state index contributed by atoms with van der Waals surface area (Å²) in [5, 5.41) is 6.03. The summed E-state index contributed by atoms with van der Waals surface area (Å²) in [5.41, 5.74) is 4.54. The first kappa shape index (κ1) is 22.9. The summed E-state index contributed by atoms with van der Waals surface area (Å²) in [4.78, 5) is 34.2. The van der Waals surface area contributed by atoms with Crippen LogP contribution in [0.2, 0.25) is 0 Å². The van der Waals surface area contributed by atoms with Crippen LogP contribution in [0.1, 0.15) is 48.9 Å². The van der Waals surface area contributed by atoms with Crippen LogP contribution in [0.25, 0.3) is 22.4 Å². The lowest BCUT2D eigenvalue weighted by molar-refractivity contribution is -0.127. The van der Waals surface area contributed by atoms with E-state index in [9.17, 15) is 14.0 Å². The van der Waals surface area contributed by atoms with Crippen molar-refractivity contribution in [3.63, 3.8) is 0 Å². The first-order chi connectivity index (χ1) is 18.9. The number of aromatic nitrogens is 2. The third kappa shape index (κ3) is 3.48. The van der Waals surface area contributed by atoms with Crippen molar-refractivity contribution in [2.75, 3.05) is 10.6 Å². The van der Waals surface area contributed by atoms with Gasteiger partial charge in [0.1, 0.15) is 11.6 Å². The molecule has 3 aromatic carbocycles. The maximum absolute atomic E-state index is 13.5. The fourth-order valence-electron chi connectivity index (χ4n) is 8.62. The fourth-order valence-corrected chi connectivity index (χ4v) is 8.62. The Hall–Kier alpha value is -4.00. The van der Waals surface area contributed by atoms with E-state index in [0.29, 0.717) is 22.5 Å². The number of carbonyl (C=O) groups is 2. The van der Waals surface area contributed by atoms with Crippen LogP contribution in [0.5, 0.6) is 0 Å². The van der Waals surface area contributed by atoms with E-state index in [2.05, 4.69) is 15.6 Å². The first-order valence-corrected chi connectivity index (χ1v) is 13.9. The van der Waals surface area contributed by atoms with Crippen molar-refractivity contribution >= 4 is 34.2 Å². The number of amides is 2. The van der Waals surface area contributed by atoms with Gasteiger partial charge in [0.2, 0.25) is 5.91 Å². The third-order valence-electron chi connectivity index (χ3n) is 10.2. The summed E-state index contributed by atoms with van der Waals surface area (Å²) in [6.45, 7) is 0. The number of anilines is 2. The topological polar surface area (TPSA) is 86.9 Å². The van der Waals surface area contributed by atoms with E-state index in [1.807, 2.05) is 24.3 Å². The van der Waals surface area contributed by atoms with E-state index in [1.165, 1.54) is 43.5 Å². The van der Waals surface area contributed by atoms with E-state index >= 15 is 0 Å². The Labute approximate surface area is 225 Å². The Morgan fingerprint density at radius 2 is 1.64 bits per heavy atom. The van der Waals surface area contributed by atoms with Crippen molar-refractivity contribution in [3.8, 4) is 11.4 Å². The van der Waals surface area contributed by atoms with Crippen LogP contribution in [0.4, 0.5) is 15.8 Å². The van der Waals surface area contributed by atoms with Gasteiger partial charge in [-0.1, -0.05) is 0 Å². The second-order valence-electron chi connectivity index (χ2n) is 12.3. The number of imidazole rings is 1. The Morgan fingerprint density at radius 3 is 2.46 bits per heavy atom. The highest BCUT2D eigenvalue weighted by Crippen LogP contribution is 2.78. The van der Waals surface area contributed by atoms with Gasteiger partial charge < -0.3 is 15.6 Å². The number of hydrogen-bond acceptors (Lipinski definition) is 3. The third-order valence-corrected chi connectivity index (χ3v) is 10.2. The zero-order valence-electron chi connectivity index (χ0n) is 21.5. The molecule has 3 bridgehead atoms. The molecule has 1 heterocycles. The van der Waals surface area contributed by atoms with Crippen LogP contribution in [0, 0.1) is 34.4 Å². The summed E-state index contributed by atoms with van der Waals surface area (Å²) >= 11 is 0. The van der Waals surface area contributed by atoms with Gasteiger partial charge in [-0.25, -0.2) is 9.37 Å². The van der Waals surface area contributed by atoms with Gasteiger partial charge >= 0.3 is 0 Å². The number of aromatic amines is 1.